The number of carbonyl (C=O) groups is 1. The van der Waals surface area contributed by atoms with Gasteiger partial charge in [-0.3, -0.25) is 5.32 Å². The molecule has 0 radical (unpaired) electrons. The van der Waals surface area contributed by atoms with E-state index < -0.39 is 17.9 Å². The molecule has 21 heavy (non-hydrogen) atoms. The van der Waals surface area contributed by atoms with E-state index in [1.165, 1.54) is 0 Å². The zero-order valence-electron chi connectivity index (χ0n) is 10.8. The molecular weight excluding hydrogens is 303 g/mol. The van der Waals surface area contributed by atoms with Gasteiger partial charge in [0.1, 0.15) is 0 Å². The van der Waals surface area contributed by atoms with Gasteiger partial charge in [0, 0.05) is 11.9 Å². The summed E-state index contributed by atoms with van der Waals surface area (Å²) in [6.45, 7) is 0.382. The molecule has 0 aliphatic heterocycles. The Hall–Kier alpha value is -2.09. The first-order valence-electron chi connectivity index (χ1n) is 6.06. The van der Waals surface area contributed by atoms with Crippen LogP contribution >= 0.6 is 11.3 Å². The molecule has 0 spiro atoms. The number of hydrogen-bond acceptors (Lipinski definition) is 3. The molecule has 112 valence electrons. The zero-order chi connectivity index (χ0) is 15.3. The second kappa shape index (κ2) is 6.57. The Labute approximate surface area is 123 Å². The average molecular weight is 315 g/mol. The Morgan fingerprint density at radius 1 is 1.24 bits per heavy atom. The lowest BCUT2D eigenvalue weighted by molar-refractivity contribution is -0.140. The van der Waals surface area contributed by atoms with Crippen LogP contribution in [0.4, 0.5) is 23.1 Å². The number of carbonyl (C=O) groups excluding carboxylic acids is 1. The number of anilines is 1. The topological polar surface area (TPSA) is 54.0 Å². The van der Waals surface area contributed by atoms with Crippen LogP contribution in [0.2, 0.25) is 0 Å². The molecule has 2 rings (SSSR count). The maximum atomic E-state index is 12.3. The van der Waals surface area contributed by atoms with Gasteiger partial charge in [-0.25, -0.2) is 9.78 Å². The highest BCUT2D eigenvalue weighted by molar-refractivity contribution is 7.13. The van der Waals surface area contributed by atoms with E-state index in [0.717, 1.165) is 22.3 Å². The molecule has 0 saturated carbocycles. The number of aromatic nitrogens is 1. The number of nitrogens with zero attached hydrogens (tertiary/aromatic N) is 1. The van der Waals surface area contributed by atoms with Crippen LogP contribution in [0.3, 0.4) is 0 Å². The zero-order valence-corrected chi connectivity index (χ0v) is 11.6. The predicted molar refractivity (Wildman–Crippen MR) is 74.3 cm³/mol. The third-order valence-corrected chi connectivity index (χ3v) is 3.31. The van der Waals surface area contributed by atoms with E-state index in [9.17, 15) is 18.0 Å². The first-order chi connectivity index (χ1) is 9.95. The maximum absolute atomic E-state index is 12.3. The third kappa shape index (κ3) is 4.75. The van der Waals surface area contributed by atoms with Crippen molar-refractivity contribution in [1.82, 2.24) is 10.3 Å². The summed E-state index contributed by atoms with van der Waals surface area (Å²) < 4.78 is 37.0. The lowest BCUT2D eigenvalue weighted by Crippen LogP contribution is -2.30. The second-order valence-electron chi connectivity index (χ2n) is 4.15. The molecule has 2 aromatic rings. The van der Waals surface area contributed by atoms with Gasteiger partial charge in [-0.15, -0.1) is 11.3 Å². The minimum atomic E-state index is -4.50. The predicted octanol–water partition coefficient (Wildman–Crippen LogP) is 3.53. The number of benzene rings is 1. The van der Waals surface area contributed by atoms with Crippen molar-refractivity contribution in [3.8, 4) is 0 Å². The van der Waals surface area contributed by atoms with Crippen molar-refractivity contribution < 1.29 is 18.0 Å². The SMILES string of the molecule is O=C(NCCc1ccccc1)Nc1nc(C(F)(F)F)cs1. The van der Waals surface area contributed by atoms with Crippen molar-refractivity contribution in [2.45, 2.75) is 12.6 Å². The van der Waals surface area contributed by atoms with E-state index in [0.29, 0.717) is 13.0 Å². The van der Waals surface area contributed by atoms with Crippen LogP contribution in [0.15, 0.2) is 35.7 Å². The van der Waals surface area contributed by atoms with E-state index in [4.69, 9.17) is 0 Å². The van der Waals surface area contributed by atoms with Crippen molar-refractivity contribution in [1.29, 1.82) is 0 Å². The van der Waals surface area contributed by atoms with Crippen molar-refractivity contribution >= 4 is 22.5 Å². The van der Waals surface area contributed by atoms with Gasteiger partial charge < -0.3 is 5.32 Å². The number of amides is 2. The first kappa shape index (κ1) is 15.3. The Kier molecular flexibility index (Phi) is 4.79. The van der Waals surface area contributed by atoms with Crippen molar-refractivity contribution in [2.75, 3.05) is 11.9 Å². The van der Waals surface area contributed by atoms with Crippen LogP contribution in [-0.4, -0.2) is 17.6 Å². The van der Waals surface area contributed by atoms with Gasteiger partial charge in [0.05, 0.1) is 0 Å². The Balaban J connectivity index is 1.78. The summed E-state index contributed by atoms with van der Waals surface area (Å²) >= 11 is 0.732. The molecule has 0 unspecified atom stereocenters. The van der Waals surface area contributed by atoms with Gasteiger partial charge in [-0.2, -0.15) is 13.2 Å². The van der Waals surface area contributed by atoms with Crippen LogP contribution in [0, 0.1) is 0 Å². The van der Waals surface area contributed by atoms with Gasteiger partial charge in [0.25, 0.3) is 0 Å². The van der Waals surface area contributed by atoms with Crippen molar-refractivity contribution in [3.05, 3.63) is 47.0 Å². The summed E-state index contributed by atoms with van der Waals surface area (Å²) in [6, 6.07) is 8.96. The number of thiazole rings is 1. The van der Waals surface area contributed by atoms with Crippen LogP contribution in [0.5, 0.6) is 0 Å². The fraction of sp³-hybridized carbons (Fsp3) is 0.231. The lowest BCUT2D eigenvalue weighted by atomic mass is 10.1. The summed E-state index contributed by atoms with van der Waals surface area (Å²) in [6.07, 6.45) is -3.86. The van der Waals surface area contributed by atoms with E-state index in [2.05, 4.69) is 15.6 Å². The molecule has 0 aliphatic carbocycles. The van der Waals surface area contributed by atoms with Crippen LogP contribution in [0.1, 0.15) is 11.3 Å². The van der Waals surface area contributed by atoms with Gasteiger partial charge >= 0.3 is 12.2 Å². The average Bonchev–Trinajstić information content (AvgIpc) is 2.88. The van der Waals surface area contributed by atoms with E-state index in [1.54, 1.807) is 0 Å². The van der Waals surface area contributed by atoms with Crippen LogP contribution in [0.25, 0.3) is 0 Å². The smallest absolute Gasteiger partial charge is 0.337 e. The normalized spacial score (nSPS) is 11.2. The maximum Gasteiger partial charge on any atom is 0.434 e. The molecule has 2 N–H and O–H groups in total. The summed E-state index contributed by atoms with van der Waals surface area (Å²) in [5, 5.41) is 5.62. The number of rotatable bonds is 4. The highest BCUT2D eigenvalue weighted by Crippen LogP contribution is 2.31. The molecule has 0 aliphatic rings. The van der Waals surface area contributed by atoms with E-state index >= 15 is 0 Å². The number of hydrogen-bond donors (Lipinski definition) is 2. The monoisotopic (exact) mass is 315 g/mol. The van der Waals surface area contributed by atoms with Crippen LogP contribution < -0.4 is 10.6 Å². The molecule has 1 heterocycles. The molecule has 1 aromatic carbocycles. The highest BCUT2D eigenvalue weighted by Gasteiger charge is 2.33. The summed E-state index contributed by atoms with van der Waals surface area (Å²) in [5.74, 6) is 0. The molecule has 8 heteroatoms. The number of urea groups is 1. The van der Waals surface area contributed by atoms with Crippen molar-refractivity contribution in [3.63, 3.8) is 0 Å². The number of halogens is 3. The molecule has 0 bridgehead atoms. The van der Waals surface area contributed by atoms with Gasteiger partial charge in [-0.05, 0) is 12.0 Å². The molecule has 1 aromatic heterocycles. The largest absolute Gasteiger partial charge is 0.434 e. The quantitative estimate of drug-likeness (QED) is 0.907. The number of nitrogens with one attached hydrogen (secondary N) is 2. The molecular formula is C13H12F3N3OS. The van der Waals surface area contributed by atoms with Crippen LogP contribution in [-0.2, 0) is 12.6 Å². The summed E-state index contributed by atoms with van der Waals surface area (Å²) in [7, 11) is 0. The highest BCUT2D eigenvalue weighted by atomic mass is 32.1. The molecule has 0 fully saturated rings. The number of alkyl halides is 3. The fourth-order valence-electron chi connectivity index (χ4n) is 1.57. The van der Waals surface area contributed by atoms with Crippen molar-refractivity contribution in [2.24, 2.45) is 0 Å². The van der Waals surface area contributed by atoms with Gasteiger partial charge in [-0.1, -0.05) is 30.3 Å². The Morgan fingerprint density at radius 2 is 1.95 bits per heavy atom. The molecule has 0 saturated heterocycles. The summed E-state index contributed by atoms with van der Waals surface area (Å²) in [4.78, 5) is 14.8. The van der Waals surface area contributed by atoms with E-state index in [1.807, 2.05) is 30.3 Å². The third-order valence-electron chi connectivity index (χ3n) is 2.56. The standard InChI is InChI=1S/C13H12F3N3OS/c14-13(15,16)10-8-21-12(18-10)19-11(20)17-7-6-9-4-2-1-3-5-9/h1-5,8H,6-7H2,(H2,17,18,19,20). The fourth-order valence-corrected chi connectivity index (χ4v) is 2.28. The lowest BCUT2D eigenvalue weighted by Gasteiger charge is -2.05. The Bertz CT molecular complexity index is 598. The molecule has 0 atom stereocenters. The van der Waals surface area contributed by atoms with Gasteiger partial charge in [0.15, 0.2) is 10.8 Å². The van der Waals surface area contributed by atoms with E-state index in [-0.39, 0.29) is 5.13 Å². The molecule has 2 amide bonds. The summed E-state index contributed by atoms with van der Waals surface area (Å²) in [5.41, 5.74) is 0.0542. The minimum Gasteiger partial charge on any atom is -0.337 e. The van der Waals surface area contributed by atoms with Gasteiger partial charge in [0.2, 0.25) is 0 Å². The Morgan fingerprint density at radius 3 is 2.57 bits per heavy atom. The minimum absolute atomic E-state index is 0.0838. The first-order valence-corrected chi connectivity index (χ1v) is 6.94. The second-order valence-corrected chi connectivity index (χ2v) is 5.01. The molecule has 4 nitrogen and oxygen atoms in total.